The lowest BCUT2D eigenvalue weighted by Gasteiger charge is -2.25. The first-order chi connectivity index (χ1) is 9.55. The molecular weight excluding hydrogens is 254 g/mol. The molecule has 1 aliphatic heterocycles. The number of hydrogen-bond donors (Lipinski definition) is 3. The van der Waals surface area contributed by atoms with Gasteiger partial charge in [-0.05, 0) is 43.7 Å². The molecule has 5 heteroatoms. The van der Waals surface area contributed by atoms with Gasteiger partial charge in [-0.1, -0.05) is 6.92 Å². The molecule has 1 heterocycles. The smallest absolute Gasteiger partial charge is 0.231 e. The second-order valence-electron chi connectivity index (χ2n) is 5.27. The van der Waals surface area contributed by atoms with Crippen LogP contribution in [-0.4, -0.2) is 24.9 Å². The van der Waals surface area contributed by atoms with Crippen LogP contribution in [0.3, 0.4) is 0 Å². The van der Waals surface area contributed by atoms with Crippen molar-refractivity contribution in [2.75, 3.05) is 23.7 Å². The average molecular weight is 275 g/mol. The summed E-state index contributed by atoms with van der Waals surface area (Å²) in [6.45, 7) is 5.14. The summed E-state index contributed by atoms with van der Waals surface area (Å²) in [6.07, 6.45) is 1.70. The van der Waals surface area contributed by atoms with Crippen LogP contribution in [0, 0.1) is 5.41 Å². The minimum absolute atomic E-state index is 0.0669. The van der Waals surface area contributed by atoms with Gasteiger partial charge in [0.1, 0.15) is 0 Å². The normalized spacial score (nSPS) is 21.5. The van der Waals surface area contributed by atoms with Crippen molar-refractivity contribution in [3.8, 4) is 0 Å². The quantitative estimate of drug-likeness (QED) is 0.787. The zero-order valence-electron chi connectivity index (χ0n) is 12.0. The Morgan fingerprint density at radius 2 is 1.80 bits per heavy atom. The van der Waals surface area contributed by atoms with Gasteiger partial charge in [-0.3, -0.25) is 9.59 Å². The molecule has 1 atom stereocenters. The predicted octanol–water partition coefficient (Wildman–Crippen LogP) is 1.97. The summed E-state index contributed by atoms with van der Waals surface area (Å²) < 4.78 is 0. The van der Waals surface area contributed by atoms with Crippen molar-refractivity contribution < 1.29 is 9.59 Å². The number of amides is 2. The van der Waals surface area contributed by atoms with Gasteiger partial charge in [0.15, 0.2) is 0 Å². The summed E-state index contributed by atoms with van der Waals surface area (Å²) in [5.41, 5.74) is 1.18. The predicted molar refractivity (Wildman–Crippen MR) is 79.6 cm³/mol. The maximum atomic E-state index is 12.4. The Bertz CT molecular complexity index is 490. The zero-order valence-corrected chi connectivity index (χ0v) is 12.0. The number of rotatable bonds is 4. The highest BCUT2D eigenvalue weighted by atomic mass is 16.2. The SMILES string of the molecule is CCC1(C(=O)Nc2ccc(NC(C)=O)cc2)CCNC1. The summed E-state index contributed by atoms with van der Waals surface area (Å²) in [5, 5.41) is 8.92. The van der Waals surface area contributed by atoms with E-state index in [0.717, 1.165) is 37.3 Å². The molecule has 5 nitrogen and oxygen atoms in total. The minimum atomic E-state index is -0.295. The number of anilines is 2. The van der Waals surface area contributed by atoms with Crippen molar-refractivity contribution in [2.24, 2.45) is 5.41 Å². The molecule has 3 N–H and O–H groups in total. The van der Waals surface area contributed by atoms with Crippen molar-refractivity contribution in [3.05, 3.63) is 24.3 Å². The summed E-state index contributed by atoms with van der Waals surface area (Å²) in [7, 11) is 0. The van der Waals surface area contributed by atoms with Crippen LogP contribution in [0.1, 0.15) is 26.7 Å². The van der Waals surface area contributed by atoms with E-state index in [9.17, 15) is 9.59 Å². The number of nitrogens with one attached hydrogen (secondary N) is 3. The fraction of sp³-hybridized carbons (Fsp3) is 0.467. The van der Waals surface area contributed by atoms with Gasteiger partial charge in [0.25, 0.3) is 0 Å². The van der Waals surface area contributed by atoms with Gasteiger partial charge in [0, 0.05) is 24.8 Å². The molecule has 0 aliphatic carbocycles. The lowest BCUT2D eigenvalue weighted by Crippen LogP contribution is -2.37. The summed E-state index contributed by atoms with van der Waals surface area (Å²) >= 11 is 0. The molecule has 1 aromatic carbocycles. The first-order valence-corrected chi connectivity index (χ1v) is 6.95. The maximum absolute atomic E-state index is 12.4. The van der Waals surface area contributed by atoms with Crippen LogP contribution in [0.2, 0.25) is 0 Å². The molecule has 0 radical (unpaired) electrons. The third-order valence-corrected chi connectivity index (χ3v) is 3.87. The average Bonchev–Trinajstić information content (AvgIpc) is 2.90. The zero-order chi connectivity index (χ0) is 14.6. The molecule has 2 amide bonds. The highest BCUT2D eigenvalue weighted by Gasteiger charge is 2.39. The van der Waals surface area contributed by atoms with Gasteiger partial charge in [-0.15, -0.1) is 0 Å². The van der Waals surface area contributed by atoms with Crippen LogP contribution >= 0.6 is 0 Å². The molecule has 0 spiro atoms. The van der Waals surface area contributed by atoms with Crippen LogP contribution < -0.4 is 16.0 Å². The topological polar surface area (TPSA) is 70.2 Å². The third kappa shape index (κ3) is 3.17. The van der Waals surface area contributed by atoms with E-state index in [1.165, 1.54) is 6.92 Å². The largest absolute Gasteiger partial charge is 0.326 e. The number of carbonyl (C=O) groups is 2. The Labute approximate surface area is 119 Å². The molecule has 1 saturated heterocycles. The molecule has 2 rings (SSSR count). The van der Waals surface area contributed by atoms with E-state index in [4.69, 9.17) is 0 Å². The fourth-order valence-electron chi connectivity index (χ4n) is 2.50. The Balaban J connectivity index is 2.02. The molecule has 108 valence electrons. The summed E-state index contributed by atoms with van der Waals surface area (Å²) in [4.78, 5) is 23.4. The van der Waals surface area contributed by atoms with Crippen LogP contribution in [0.5, 0.6) is 0 Å². The van der Waals surface area contributed by atoms with Crippen molar-refractivity contribution in [2.45, 2.75) is 26.7 Å². The van der Waals surface area contributed by atoms with E-state index in [0.29, 0.717) is 0 Å². The lowest BCUT2D eigenvalue weighted by molar-refractivity contribution is -0.124. The van der Waals surface area contributed by atoms with Crippen molar-refractivity contribution in [1.82, 2.24) is 5.32 Å². The van der Waals surface area contributed by atoms with E-state index in [-0.39, 0.29) is 17.2 Å². The van der Waals surface area contributed by atoms with Crippen molar-refractivity contribution in [3.63, 3.8) is 0 Å². The number of benzene rings is 1. The van der Waals surface area contributed by atoms with Gasteiger partial charge in [-0.2, -0.15) is 0 Å². The van der Waals surface area contributed by atoms with Crippen LogP contribution in [0.15, 0.2) is 24.3 Å². The number of carbonyl (C=O) groups excluding carboxylic acids is 2. The molecule has 1 aromatic rings. The van der Waals surface area contributed by atoms with E-state index in [2.05, 4.69) is 16.0 Å². The molecule has 20 heavy (non-hydrogen) atoms. The van der Waals surface area contributed by atoms with Crippen LogP contribution in [0.25, 0.3) is 0 Å². The molecule has 1 unspecified atom stereocenters. The minimum Gasteiger partial charge on any atom is -0.326 e. The van der Waals surface area contributed by atoms with E-state index >= 15 is 0 Å². The molecule has 0 saturated carbocycles. The van der Waals surface area contributed by atoms with Gasteiger partial charge in [0.2, 0.25) is 11.8 Å². The lowest BCUT2D eigenvalue weighted by atomic mass is 9.83. The summed E-state index contributed by atoms with van der Waals surface area (Å²) in [6, 6.07) is 7.16. The Morgan fingerprint density at radius 3 is 2.25 bits per heavy atom. The van der Waals surface area contributed by atoms with Gasteiger partial charge in [-0.25, -0.2) is 0 Å². The first-order valence-electron chi connectivity index (χ1n) is 6.95. The van der Waals surface area contributed by atoms with Crippen molar-refractivity contribution >= 4 is 23.2 Å². The highest BCUT2D eigenvalue weighted by molar-refractivity contribution is 5.96. The van der Waals surface area contributed by atoms with Crippen LogP contribution in [-0.2, 0) is 9.59 Å². The van der Waals surface area contributed by atoms with Crippen molar-refractivity contribution in [1.29, 1.82) is 0 Å². The monoisotopic (exact) mass is 275 g/mol. The highest BCUT2D eigenvalue weighted by Crippen LogP contribution is 2.31. The van der Waals surface area contributed by atoms with Gasteiger partial charge >= 0.3 is 0 Å². The van der Waals surface area contributed by atoms with Gasteiger partial charge < -0.3 is 16.0 Å². The first kappa shape index (κ1) is 14.5. The van der Waals surface area contributed by atoms with E-state index in [1.54, 1.807) is 24.3 Å². The Morgan fingerprint density at radius 1 is 1.20 bits per heavy atom. The molecule has 1 fully saturated rings. The fourth-order valence-corrected chi connectivity index (χ4v) is 2.50. The second-order valence-corrected chi connectivity index (χ2v) is 5.27. The second kappa shape index (κ2) is 6.05. The Kier molecular flexibility index (Phi) is 4.39. The maximum Gasteiger partial charge on any atom is 0.231 e. The standard InChI is InChI=1S/C15H21N3O2/c1-3-15(8-9-16-10-15)14(20)18-13-6-4-12(5-7-13)17-11(2)19/h4-7,16H,3,8-10H2,1-2H3,(H,17,19)(H,18,20). The Hall–Kier alpha value is -1.88. The summed E-state index contributed by atoms with van der Waals surface area (Å²) in [5.74, 6) is -0.0407. The molecule has 0 aromatic heterocycles. The van der Waals surface area contributed by atoms with E-state index < -0.39 is 0 Å². The van der Waals surface area contributed by atoms with Crippen LogP contribution in [0.4, 0.5) is 11.4 Å². The molecular formula is C15H21N3O2. The molecule has 1 aliphatic rings. The molecule has 0 bridgehead atoms. The van der Waals surface area contributed by atoms with E-state index in [1.807, 2.05) is 6.92 Å². The number of hydrogen-bond acceptors (Lipinski definition) is 3. The third-order valence-electron chi connectivity index (χ3n) is 3.87. The van der Waals surface area contributed by atoms with Gasteiger partial charge in [0.05, 0.1) is 5.41 Å².